The summed E-state index contributed by atoms with van der Waals surface area (Å²) >= 11 is 0. The van der Waals surface area contributed by atoms with Crippen molar-refractivity contribution < 1.29 is 18.3 Å². The number of rotatable bonds is 6. The van der Waals surface area contributed by atoms with E-state index in [0.717, 1.165) is 92.6 Å². The molecule has 0 unspecified atom stereocenters. The van der Waals surface area contributed by atoms with E-state index in [1.54, 1.807) is 6.07 Å². The summed E-state index contributed by atoms with van der Waals surface area (Å²) in [5.74, 6) is 1.80. The van der Waals surface area contributed by atoms with Crippen LogP contribution in [0.5, 0.6) is 5.75 Å². The highest BCUT2D eigenvalue weighted by molar-refractivity contribution is 5.93. The van der Waals surface area contributed by atoms with Crippen molar-refractivity contribution in [3.05, 3.63) is 59.3 Å². The number of hydrogen-bond donors (Lipinski definition) is 2. The molecule has 0 aliphatic carbocycles. The number of aromatic hydroxyl groups is 1. The smallest absolute Gasteiger partial charge is 0.416 e. The van der Waals surface area contributed by atoms with Crippen molar-refractivity contribution in [1.82, 2.24) is 14.8 Å². The molecule has 5 rings (SSSR count). The van der Waals surface area contributed by atoms with Crippen molar-refractivity contribution in [2.24, 2.45) is 11.8 Å². The van der Waals surface area contributed by atoms with E-state index in [9.17, 15) is 18.3 Å². The first-order chi connectivity index (χ1) is 18.2. The molecule has 2 aliphatic rings. The van der Waals surface area contributed by atoms with Crippen molar-refractivity contribution >= 4 is 22.3 Å². The third-order valence-electron chi connectivity index (χ3n) is 8.16. The van der Waals surface area contributed by atoms with E-state index < -0.39 is 11.7 Å². The number of phenolic OH excluding ortho intramolecular Hbond substituents is 1. The monoisotopic (exact) mass is 526 g/mol. The van der Waals surface area contributed by atoms with Crippen LogP contribution in [0, 0.1) is 11.8 Å². The van der Waals surface area contributed by atoms with Gasteiger partial charge in [-0.2, -0.15) is 13.2 Å². The Hall–Kier alpha value is -2.84. The van der Waals surface area contributed by atoms with Gasteiger partial charge in [0.05, 0.1) is 11.1 Å². The maximum absolute atomic E-state index is 13.2. The molecule has 0 atom stereocenters. The number of likely N-dealkylation sites (tertiary alicyclic amines) is 2. The van der Waals surface area contributed by atoms with Gasteiger partial charge in [-0.15, -0.1) is 0 Å². The lowest BCUT2D eigenvalue weighted by Crippen LogP contribution is -2.33. The Balaban J connectivity index is 1.46. The van der Waals surface area contributed by atoms with E-state index in [1.165, 1.54) is 12.3 Å². The summed E-state index contributed by atoms with van der Waals surface area (Å²) in [7, 11) is 0. The Bertz CT molecular complexity index is 1220. The second kappa shape index (κ2) is 11.1. The van der Waals surface area contributed by atoms with Gasteiger partial charge in [-0.3, -0.25) is 14.8 Å². The van der Waals surface area contributed by atoms with Gasteiger partial charge in [0.25, 0.3) is 0 Å². The number of hydrogen-bond acceptors (Lipinski definition) is 5. The van der Waals surface area contributed by atoms with Crippen molar-refractivity contribution in [2.75, 3.05) is 31.5 Å². The molecule has 5 nitrogen and oxygen atoms in total. The summed E-state index contributed by atoms with van der Waals surface area (Å²) in [6, 6.07) is 9.39. The van der Waals surface area contributed by atoms with Gasteiger partial charge in [0.2, 0.25) is 0 Å². The van der Waals surface area contributed by atoms with Gasteiger partial charge in [-0.1, -0.05) is 19.9 Å². The molecule has 0 radical (unpaired) electrons. The Morgan fingerprint density at radius 1 is 0.868 bits per heavy atom. The summed E-state index contributed by atoms with van der Waals surface area (Å²) < 4.78 is 39.7. The highest BCUT2D eigenvalue weighted by Crippen LogP contribution is 2.36. The van der Waals surface area contributed by atoms with Crippen LogP contribution < -0.4 is 5.32 Å². The molecule has 38 heavy (non-hydrogen) atoms. The Kier molecular flexibility index (Phi) is 7.82. The summed E-state index contributed by atoms with van der Waals surface area (Å²) in [4.78, 5) is 8.97. The summed E-state index contributed by atoms with van der Waals surface area (Å²) in [5, 5.41) is 15.4. The maximum Gasteiger partial charge on any atom is 0.416 e. The molecule has 2 fully saturated rings. The molecule has 0 bridgehead atoms. The lowest BCUT2D eigenvalue weighted by Gasteiger charge is -2.32. The number of benzene rings is 2. The van der Waals surface area contributed by atoms with Crippen molar-refractivity contribution in [2.45, 2.75) is 58.8 Å². The number of alkyl halides is 3. The van der Waals surface area contributed by atoms with Gasteiger partial charge in [0.1, 0.15) is 5.75 Å². The highest BCUT2D eigenvalue weighted by atomic mass is 19.4. The van der Waals surface area contributed by atoms with Gasteiger partial charge in [0, 0.05) is 47.2 Å². The molecular weight excluding hydrogens is 489 g/mol. The quantitative estimate of drug-likeness (QED) is 0.334. The van der Waals surface area contributed by atoms with Gasteiger partial charge >= 0.3 is 6.18 Å². The van der Waals surface area contributed by atoms with E-state index in [0.29, 0.717) is 29.9 Å². The number of phenols is 1. The van der Waals surface area contributed by atoms with Crippen LogP contribution in [0.4, 0.5) is 24.5 Å². The lowest BCUT2D eigenvalue weighted by molar-refractivity contribution is -0.137. The van der Waals surface area contributed by atoms with E-state index in [4.69, 9.17) is 0 Å². The standard InChI is InChI=1S/C30H37F3N4O/c1-20-6-11-36(12-7-20)18-22-15-25(16-23(29(22)38)19-37-13-8-21(2)9-14-37)35-27-5-10-34-28-17-24(30(31,32)33)3-4-26(27)28/h3-5,10,15-17,20-21,38H,6-9,11-14,18-19H2,1-2H3,(H,34,35). The third kappa shape index (κ3) is 6.24. The number of anilines is 2. The first-order valence-corrected chi connectivity index (χ1v) is 13.7. The average Bonchev–Trinajstić information content (AvgIpc) is 2.88. The fraction of sp³-hybridized carbons (Fsp3) is 0.500. The van der Waals surface area contributed by atoms with Crippen molar-refractivity contribution in [3.63, 3.8) is 0 Å². The molecule has 2 saturated heterocycles. The second-order valence-corrected chi connectivity index (χ2v) is 11.3. The summed E-state index contributed by atoms with van der Waals surface area (Å²) in [6.45, 7) is 9.94. The number of pyridine rings is 1. The highest BCUT2D eigenvalue weighted by Gasteiger charge is 2.30. The van der Waals surface area contributed by atoms with Crippen LogP contribution in [0.25, 0.3) is 10.9 Å². The first kappa shape index (κ1) is 26.8. The van der Waals surface area contributed by atoms with Crippen LogP contribution in [0.1, 0.15) is 56.2 Å². The zero-order chi connectivity index (χ0) is 26.9. The number of halogens is 3. The van der Waals surface area contributed by atoms with Gasteiger partial charge in [-0.25, -0.2) is 0 Å². The van der Waals surface area contributed by atoms with E-state index >= 15 is 0 Å². The maximum atomic E-state index is 13.2. The molecule has 1 aromatic heterocycles. The van der Waals surface area contributed by atoms with Gasteiger partial charge < -0.3 is 10.4 Å². The van der Waals surface area contributed by atoms with Crippen molar-refractivity contribution in [1.29, 1.82) is 0 Å². The third-order valence-corrected chi connectivity index (χ3v) is 8.16. The fourth-order valence-electron chi connectivity index (χ4n) is 5.58. The number of nitrogens with one attached hydrogen (secondary N) is 1. The Morgan fingerprint density at radius 2 is 1.42 bits per heavy atom. The molecule has 2 aliphatic heterocycles. The van der Waals surface area contributed by atoms with Gasteiger partial charge in [0.15, 0.2) is 0 Å². The molecule has 3 aromatic rings. The minimum atomic E-state index is -4.42. The fourth-order valence-corrected chi connectivity index (χ4v) is 5.58. The Labute approximate surface area is 222 Å². The normalized spacial score (nSPS) is 18.8. The molecule has 204 valence electrons. The van der Waals surface area contributed by atoms with Crippen LogP contribution in [-0.4, -0.2) is 46.1 Å². The topological polar surface area (TPSA) is 51.6 Å². The molecule has 8 heteroatoms. The summed E-state index contributed by atoms with van der Waals surface area (Å²) in [5.41, 5.74) is 2.83. The lowest BCUT2D eigenvalue weighted by atomic mass is 9.97. The molecule has 0 amide bonds. The van der Waals surface area contributed by atoms with Crippen LogP contribution in [0.3, 0.4) is 0 Å². The zero-order valence-corrected chi connectivity index (χ0v) is 22.2. The molecule has 2 N–H and O–H groups in total. The van der Waals surface area contributed by atoms with Crippen LogP contribution in [-0.2, 0) is 19.3 Å². The van der Waals surface area contributed by atoms with Gasteiger partial charge in [-0.05, 0) is 94.0 Å². The minimum absolute atomic E-state index is 0.286. The second-order valence-electron chi connectivity index (χ2n) is 11.3. The predicted octanol–water partition coefficient (Wildman–Crippen LogP) is 7.17. The number of nitrogens with zero attached hydrogens (tertiary/aromatic N) is 3. The summed E-state index contributed by atoms with van der Waals surface area (Å²) in [6.07, 6.45) is 1.72. The predicted molar refractivity (Wildman–Crippen MR) is 145 cm³/mol. The van der Waals surface area contributed by atoms with Crippen LogP contribution >= 0.6 is 0 Å². The number of fused-ring (bicyclic) bond motifs is 1. The first-order valence-electron chi connectivity index (χ1n) is 13.7. The van der Waals surface area contributed by atoms with Crippen LogP contribution in [0.2, 0.25) is 0 Å². The molecule has 0 spiro atoms. The van der Waals surface area contributed by atoms with Crippen LogP contribution in [0.15, 0.2) is 42.6 Å². The molecular formula is C30H37F3N4O. The Morgan fingerprint density at radius 3 is 1.95 bits per heavy atom. The largest absolute Gasteiger partial charge is 0.507 e. The van der Waals surface area contributed by atoms with E-state index in [-0.39, 0.29) is 5.52 Å². The zero-order valence-electron chi connectivity index (χ0n) is 22.2. The van der Waals surface area contributed by atoms with E-state index in [1.807, 2.05) is 12.1 Å². The number of piperidine rings is 2. The molecule has 0 saturated carbocycles. The molecule has 3 heterocycles. The average molecular weight is 527 g/mol. The van der Waals surface area contributed by atoms with Crippen molar-refractivity contribution in [3.8, 4) is 5.75 Å². The SMILES string of the molecule is CC1CCN(Cc2cc(Nc3ccnc4cc(C(F)(F)F)ccc34)cc(CN3CCC(C)CC3)c2O)CC1. The number of aromatic nitrogens is 1. The molecule has 2 aromatic carbocycles. The van der Waals surface area contributed by atoms with E-state index in [2.05, 4.69) is 33.9 Å². The minimum Gasteiger partial charge on any atom is -0.507 e.